The Labute approximate surface area is 156 Å². The van der Waals surface area contributed by atoms with Crippen LogP contribution in [0.5, 0.6) is 0 Å². The van der Waals surface area contributed by atoms with Crippen molar-refractivity contribution in [3.8, 4) is 0 Å². The Morgan fingerprint density at radius 1 is 1.17 bits per heavy atom. The summed E-state index contributed by atoms with van der Waals surface area (Å²) in [5, 5.41) is 11.1. The molecule has 0 heterocycles. The Morgan fingerprint density at radius 3 is 2.17 bits per heavy atom. The second-order valence-electron chi connectivity index (χ2n) is 4.55. The normalized spacial score (nSPS) is 12.5. The van der Waals surface area contributed by atoms with Crippen LogP contribution in [0.4, 0.5) is 17.1 Å². The fourth-order valence-electron chi connectivity index (χ4n) is 1.62. The molecule has 0 fully saturated rings. The molecule has 0 aliphatic heterocycles. The third-order valence-corrected chi connectivity index (χ3v) is 8.03. The number of carbonyl (C=O) groups is 1. The van der Waals surface area contributed by atoms with E-state index >= 15 is 0 Å². The average Bonchev–Trinajstić information content (AvgIpc) is 2.54. The van der Waals surface area contributed by atoms with Gasteiger partial charge in [-0.2, -0.15) is 0 Å². The first-order valence-corrected chi connectivity index (χ1v) is 10.6. The first-order chi connectivity index (χ1) is 11.3. The van der Waals surface area contributed by atoms with E-state index < -0.39 is 14.2 Å². The number of hydrogen-bond acceptors (Lipinski definition) is 7. The van der Waals surface area contributed by atoms with Crippen molar-refractivity contribution in [2.45, 2.75) is 6.92 Å². The third-order valence-electron chi connectivity index (χ3n) is 2.59. The van der Waals surface area contributed by atoms with E-state index in [1.54, 1.807) is 30.3 Å². The van der Waals surface area contributed by atoms with Crippen LogP contribution in [0.2, 0.25) is 0 Å². The Bertz CT molecular complexity index is 719. The zero-order chi connectivity index (χ0) is 18.2. The molecule has 6 N–H and O–H groups in total. The zero-order valence-corrected chi connectivity index (χ0v) is 16.7. The number of hydrogen-bond donors (Lipinski definition) is 4. The molecule has 24 heavy (non-hydrogen) atoms. The molecular weight excluding hydrogens is 492 g/mol. The van der Waals surface area contributed by atoms with Gasteiger partial charge in [0.25, 0.3) is 0 Å². The van der Waals surface area contributed by atoms with E-state index in [-0.39, 0.29) is 10.3 Å². The summed E-state index contributed by atoms with van der Waals surface area (Å²) < 4.78 is 20.6. The van der Waals surface area contributed by atoms with Gasteiger partial charge in [0.15, 0.2) is 0 Å². The van der Waals surface area contributed by atoms with E-state index in [9.17, 15) is 8.53 Å². The first kappa shape index (κ1) is 20.5. The smallest absolute Gasteiger partial charge is 0.0334 e. The SMILES string of the molecule is CC(=O)Nc1cccc([As](=O)(OO)OI)c1.Nc1cccc(N)c1. The molecule has 0 aliphatic carbocycles. The standard InChI is InChI=1S/C8H9AsINO5.C6H8N2/c1-6(12)11-8-4-2-3-7(5-8)9(13,15-10)16-14;7-5-2-1-3-6(8)4-5/h2-5,14H,1H3,(H,11,12);1-4H,7-8H2. The number of amides is 1. The van der Waals surface area contributed by atoms with E-state index in [0.29, 0.717) is 17.1 Å². The summed E-state index contributed by atoms with van der Waals surface area (Å²) in [6.07, 6.45) is 0. The maximum atomic E-state index is 11.8. The minimum atomic E-state index is -4.37. The van der Waals surface area contributed by atoms with E-state index in [1.165, 1.54) is 42.1 Å². The van der Waals surface area contributed by atoms with Crippen molar-refractivity contribution in [2.24, 2.45) is 0 Å². The van der Waals surface area contributed by atoms with Gasteiger partial charge in [0.05, 0.1) is 0 Å². The van der Waals surface area contributed by atoms with Gasteiger partial charge in [-0.25, -0.2) is 0 Å². The van der Waals surface area contributed by atoms with E-state index in [2.05, 4.69) is 11.2 Å². The Kier molecular flexibility index (Phi) is 8.29. The molecule has 0 spiro atoms. The number of benzene rings is 2. The monoisotopic (exact) mass is 509 g/mol. The second-order valence-corrected chi connectivity index (χ2v) is 10.4. The maximum absolute atomic E-state index is 11.8. The van der Waals surface area contributed by atoms with E-state index in [0.717, 1.165) is 0 Å². The maximum Gasteiger partial charge on any atom is 0.0334 e. The van der Waals surface area contributed by atoms with Gasteiger partial charge >= 0.3 is 109 Å². The molecular formula is C14H17AsIN3O5. The van der Waals surface area contributed by atoms with Gasteiger partial charge in [0, 0.05) is 11.4 Å². The van der Waals surface area contributed by atoms with Crippen molar-refractivity contribution in [1.82, 2.24) is 0 Å². The van der Waals surface area contributed by atoms with Crippen molar-refractivity contribution in [3.63, 3.8) is 0 Å². The van der Waals surface area contributed by atoms with Gasteiger partial charge < -0.3 is 11.5 Å². The van der Waals surface area contributed by atoms with E-state index in [4.69, 9.17) is 16.7 Å². The molecule has 2 aromatic carbocycles. The number of carbonyl (C=O) groups excluding carboxylic acids is 1. The fraction of sp³-hybridized carbons (Fsp3) is 0.0714. The van der Waals surface area contributed by atoms with Crippen molar-refractivity contribution < 1.29 is 19.7 Å². The van der Waals surface area contributed by atoms with Crippen LogP contribution in [0.25, 0.3) is 0 Å². The van der Waals surface area contributed by atoms with Crippen molar-refractivity contribution in [2.75, 3.05) is 16.8 Å². The molecule has 0 aliphatic rings. The van der Waals surface area contributed by atoms with Crippen molar-refractivity contribution >= 4 is 64.5 Å². The van der Waals surface area contributed by atoms with Gasteiger partial charge in [-0.15, -0.1) is 0 Å². The molecule has 2 rings (SSSR count). The molecule has 0 radical (unpaired) electrons. The molecule has 0 saturated carbocycles. The summed E-state index contributed by atoms with van der Waals surface area (Å²) in [6, 6.07) is 13.3. The molecule has 10 heteroatoms. The van der Waals surface area contributed by atoms with Gasteiger partial charge in [0.2, 0.25) is 0 Å². The molecule has 130 valence electrons. The Morgan fingerprint density at radius 2 is 1.75 bits per heavy atom. The summed E-state index contributed by atoms with van der Waals surface area (Å²) in [5.74, 6) is -0.250. The largest absolute Gasteiger partial charge is 0.399 e. The number of anilines is 3. The summed E-state index contributed by atoms with van der Waals surface area (Å²) in [4.78, 5) is 10.8. The van der Waals surface area contributed by atoms with Gasteiger partial charge in [-0.3, -0.25) is 0 Å². The van der Waals surface area contributed by atoms with Crippen LogP contribution in [0.1, 0.15) is 6.92 Å². The second kappa shape index (κ2) is 9.70. The van der Waals surface area contributed by atoms with Gasteiger partial charge in [0.1, 0.15) is 0 Å². The number of nitrogens with two attached hydrogens (primary N) is 2. The molecule has 0 saturated heterocycles. The summed E-state index contributed by atoms with van der Waals surface area (Å²) in [7, 11) is 0. The van der Waals surface area contributed by atoms with Crippen LogP contribution in [-0.4, -0.2) is 25.3 Å². The van der Waals surface area contributed by atoms with Crippen LogP contribution in [0.3, 0.4) is 0 Å². The molecule has 2 aromatic rings. The number of nitrogens with one attached hydrogen (secondary N) is 1. The quantitative estimate of drug-likeness (QED) is 0.163. The molecule has 1 unspecified atom stereocenters. The fourth-order valence-corrected chi connectivity index (χ4v) is 4.78. The van der Waals surface area contributed by atoms with Crippen molar-refractivity contribution in [1.29, 1.82) is 0 Å². The summed E-state index contributed by atoms with van der Waals surface area (Å²) >= 11 is -2.98. The number of nitrogen functional groups attached to an aromatic ring is 2. The average molecular weight is 509 g/mol. The first-order valence-electron chi connectivity index (χ1n) is 6.53. The van der Waals surface area contributed by atoms with Crippen LogP contribution < -0.4 is 21.1 Å². The topological polar surface area (TPSA) is 137 Å². The minimum Gasteiger partial charge on any atom is -0.399 e. The predicted molar refractivity (Wildman–Crippen MR) is 101 cm³/mol. The van der Waals surface area contributed by atoms with Crippen molar-refractivity contribution in [3.05, 3.63) is 48.5 Å². The summed E-state index contributed by atoms with van der Waals surface area (Å²) in [5.41, 5.74) is 12.6. The zero-order valence-electron chi connectivity index (χ0n) is 12.7. The van der Waals surface area contributed by atoms with Gasteiger partial charge in [-0.05, 0) is 18.2 Å². The third kappa shape index (κ3) is 6.54. The molecule has 0 bridgehead atoms. The summed E-state index contributed by atoms with van der Waals surface area (Å²) in [6.45, 7) is 1.36. The Balaban J connectivity index is 0.000000300. The molecule has 1 amide bonds. The van der Waals surface area contributed by atoms with E-state index in [1.807, 2.05) is 6.07 Å². The number of rotatable bonds is 4. The van der Waals surface area contributed by atoms with Crippen LogP contribution in [0, 0.1) is 0 Å². The number of halogens is 1. The predicted octanol–water partition coefficient (Wildman–Crippen LogP) is 1.93. The van der Waals surface area contributed by atoms with Crippen LogP contribution in [0.15, 0.2) is 48.5 Å². The van der Waals surface area contributed by atoms with Crippen LogP contribution >= 0.6 is 23.0 Å². The minimum absolute atomic E-state index is 0.210. The van der Waals surface area contributed by atoms with Gasteiger partial charge in [-0.1, -0.05) is 6.07 Å². The van der Waals surface area contributed by atoms with Crippen LogP contribution in [-0.2, 0) is 14.5 Å². The molecule has 1 atom stereocenters. The molecule has 0 aromatic heterocycles. The Hall–Kier alpha value is -1.52. The molecule has 8 nitrogen and oxygen atoms in total.